The maximum atomic E-state index is 11.7. The highest BCUT2D eigenvalue weighted by atomic mass is 16.2. The smallest absolute Gasteiger partial charge is 0.222 e. The van der Waals surface area contributed by atoms with E-state index in [9.17, 15) is 9.59 Å². The van der Waals surface area contributed by atoms with Gasteiger partial charge in [0.15, 0.2) is 0 Å². The summed E-state index contributed by atoms with van der Waals surface area (Å²) in [4.78, 5) is 22.7. The van der Waals surface area contributed by atoms with Crippen LogP contribution in [0, 0.1) is 5.92 Å². The van der Waals surface area contributed by atoms with E-state index in [-0.39, 0.29) is 17.9 Å². The van der Waals surface area contributed by atoms with Gasteiger partial charge in [0.05, 0.1) is 6.04 Å². The molecule has 2 aliphatic rings. The van der Waals surface area contributed by atoms with Crippen molar-refractivity contribution < 1.29 is 9.59 Å². The third kappa shape index (κ3) is 3.98. The zero-order valence-corrected chi connectivity index (χ0v) is 10.8. The molecule has 0 spiro atoms. The van der Waals surface area contributed by atoms with Crippen molar-refractivity contribution in [2.24, 2.45) is 11.7 Å². The molecule has 1 heterocycles. The van der Waals surface area contributed by atoms with E-state index in [2.05, 4.69) is 10.6 Å². The lowest BCUT2D eigenvalue weighted by atomic mass is 9.83. The quantitative estimate of drug-likeness (QED) is 0.673. The minimum absolute atomic E-state index is 0.0152. The number of rotatable bonds is 4. The summed E-state index contributed by atoms with van der Waals surface area (Å²) in [6, 6.07) is 0.307. The number of hydrogen-bond acceptors (Lipinski definition) is 3. The first-order valence-electron chi connectivity index (χ1n) is 6.95. The second-order valence-corrected chi connectivity index (χ2v) is 5.60. The molecule has 2 fully saturated rings. The summed E-state index contributed by atoms with van der Waals surface area (Å²) < 4.78 is 0. The summed E-state index contributed by atoms with van der Waals surface area (Å²) in [7, 11) is 0. The van der Waals surface area contributed by atoms with E-state index in [1.54, 1.807) is 0 Å². The number of amides is 2. The summed E-state index contributed by atoms with van der Waals surface area (Å²) in [5.41, 5.74) is 5.93. The van der Waals surface area contributed by atoms with Crippen LogP contribution in [0.15, 0.2) is 0 Å². The van der Waals surface area contributed by atoms with Crippen LogP contribution in [0.2, 0.25) is 0 Å². The van der Waals surface area contributed by atoms with Gasteiger partial charge in [0.25, 0.3) is 0 Å². The fourth-order valence-electron chi connectivity index (χ4n) is 2.94. The topological polar surface area (TPSA) is 84.2 Å². The van der Waals surface area contributed by atoms with Gasteiger partial charge >= 0.3 is 0 Å². The minimum atomic E-state index is -0.0152. The first-order valence-corrected chi connectivity index (χ1v) is 6.95. The Morgan fingerprint density at radius 3 is 2.94 bits per heavy atom. The fraction of sp³-hybridized carbons (Fsp3) is 0.846. The lowest BCUT2D eigenvalue weighted by Crippen LogP contribution is -2.36. The molecule has 1 aliphatic carbocycles. The van der Waals surface area contributed by atoms with Gasteiger partial charge in [0.2, 0.25) is 11.8 Å². The van der Waals surface area contributed by atoms with Gasteiger partial charge in [-0.25, -0.2) is 0 Å². The van der Waals surface area contributed by atoms with E-state index < -0.39 is 0 Å². The third-order valence-corrected chi connectivity index (χ3v) is 3.95. The molecule has 1 aliphatic heterocycles. The van der Waals surface area contributed by atoms with Gasteiger partial charge in [-0.1, -0.05) is 12.8 Å². The van der Waals surface area contributed by atoms with Crippen molar-refractivity contribution in [3.05, 3.63) is 0 Å². The van der Waals surface area contributed by atoms with Crippen LogP contribution in [-0.4, -0.2) is 30.4 Å². The Balaban J connectivity index is 1.63. The summed E-state index contributed by atoms with van der Waals surface area (Å²) >= 11 is 0. The van der Waals surface area contributed by atoms with E-state index in [0.717, 1.165) is 19.3 Å². The van der Waals surface area contributed by atoms with Crippen LogP contribution >= 0.6 is 0 Å². The SMILES string of the molecule is NC1CCCC(CCC(=O)NC2CNC(=O)C2)C1. The van der Waals surface area contributed by atoms with Crippen LogP contribution in [0.5, 0.6) is 0 Å². The van der Waals surface area contributed by atoms with Gasteiger partial charge in [-0.05, 0) is 25.2 Å². The first kappa shape index (κ1) is 13.3. The van der Waals surface area contributed by atoms with Crippen LogP contribution in [0.25, 0.3) is 0 Å². The molecule has 1 saturated carbocycles. The maximum absolute atomic E-state index is 11.7. The van der Waals surface area contributed by atoms with Crippen molar-refractivity contribution in [3.63, 3.8) is 0 Å². The first-order chi connectivity index (χ1) is 8.63. The van der Waals surface area contributed by atoms with Gasteiger partial charge in [-0.3, -0.25) is 9.59 Å². The van der Waals surface area contributed by atoms with Crippen LogP contribution in [0.3, 0.4) is 0 Å². The molecule has 0 radical (unpaired) electrons. The molecule has 3 unspecified atom stereocenters. The lowest BCUT2D eigenvalue weighted by Gasteiger charge is -2.26. The minimum Gasteiger partial charge on any atom is -0.354 e. The molecule has 102 valence electrons. The molecule has 1 saturated heterocycles. The summed E-state index contributed by atoms with van der Waals surface area (Å²) in [6.45, 7) is 0.568. The second-order valence-electron chi connectivity index (χ2n) is 5.60. The molecular weight excluding hydrogens is 230 g/mol. The Bertz CT molecular complexity index is 319. The summed E-state index contributed by atoms with van der Waals surface area (Å²) in [5, 5.41) is 5.62. The molecule has 18 heavy (non-hydrogen) atoms. The van der Waals surface area contributed by atoms with E-state index in [0.29, 0.717) is 31.3 Å². The molecular formula is C13H23N3O2. The monoisotopic (exact) mass is 253 g/mol. The molecule has 2 rings (SSSR count). The molecule has 0 aromatic heterocycles. The Kier molecular flexibility index (Phi) is 4.58. The standard InChI is InChI=1S/C13H23N3O2/c14-10-3-1-2-9(6-10)4-5-12(17)16-11-7-13(18)15-8-11/h9-11H,1-8,14H2,(H,15,18)(H,16,17). The zero-order valence-electron chi connectivity index (χ0n) is 10.8. The van der Waals surface area contributed by atoms with Crippen molar-refractivity contribution in [1.29, 1.82) is 0 Å². The molecule has 5 heteroatoms. The van der Waals surface area contributed by atoms with Gasteiger partial charge < -0.3 is 16.4 Å². The third-order valence-electron chi connectivity index (χ3n) is 3.95. The Morgan fingerprint density at radius 2 is 2.28 bits per heavy atom. The van der Waals surface area contributed by atoms with Crippen molar-refractivity contribution in [3.8, 4) is 0 Å². The average molecular weight is 253 g/mol. The Labute approximate surface area is 108 Å². The number of nitrogens with one attached hydrogen (secondary N) is 2. The van der Waals surface area contributed by atoms with Gasteiger partial charge in [0.1, 0.15) is 0 Å². The summed E-state index contributed by atoms with van der Waals surface area (Å²) in [5.74, 6) is 0.692. The van der Waals surface area contributed by atoms with Crippen molar-refractivity contribution in [2.75, 3.05) is 6.54 Å². The van der Waals surface area contributed by atoms with Crippen LogP contribution < -0.4 is 16.4 Å². The number of carbonyl (C=O) groups excluding carboxylic acids is 2. The Hall–Kier alpha value is -1.10. The number of carbonyl (C=O) groups is 2. The van der Waals surface area contributed by atoms with Crippen LogP contribution in [0.1, 0.15) is 44.9 Å². The highest BCUT2D eigenvalue weighted by Gasteiger charge is 2.24. The van der Waals surface area contributed by atoms with Crippen molar-refractivity contribution >= 4 is 11.8 Å². The molecule has 0 aromatic rings. The molecule has 2 amide bonds. The fourth-order valence-corrected chi connectivity index (χ4v) is 2.94. The second kappa shape index (κ2) is 6.18. The predicted octanol–water partition coefficient (Wildman–Crippen LogP) is 0.289. The maximum Gasteiger partial charge on any atom is 0.222 e. The van der Waals surface area contributed by atoms with Crippen molar-refractivity contribution in [1.82, 2.24) is 10.6 Å². The number of nitrogens with two attached hydrogens (primary N) is 1. The number of hydrogen-bond donors (Lipinski definition) is 3. The zero-order chi connectivity index (χ0) is 13.0. The normalized spacial score (nSPS) is 32.1. The average Bonchev–Trinajstić information content (AvgIpc) is 2.72. The van der Waals surface area contributed by atoms with Crippen LogP contribution in [-0.2, 0) is 9.59 Å². The summed E-state index contributed by atoms with van der Waals surface area (Å²) in [6.07, 6.45) is 6.46. The van der Waals surface area contributed by atoms with Crippen LogP contribution in [0.4, 0.5) is 0 Å². The predicted molar refractivity (Wildman–Crippen MR) is 68.7 cm³/mol. The highest BCUT2D eigenvalue weighted by Crippen LogP contribution is 2.26. The molecule has 3 atom stereocenters. The molecule has 0 bridgehead atoms. The Morgan fingerprint density at radius 1 is 1.44 bits per heavy atom. The molecule has 0 aromatic carbocycles. The molecule has 4 N–H and O–H groups in total. The van der Waals surface area contributed by atoms with Gasteiger partial charge in [-0.15, -0.1) is 0 Å². The van der Waals surface area contributed by atoms with E-state index in [4.69, 9.17) is 5.73 Å². The van der Waals surface area contributed by atoms with Gasteiger partial charge in [0, 0.05) is 25.4 Å². The highest BCUT2D eigenvalue weighted by molar-refractivity contribution is 5.81. The lowest BCUT2D eigenvalue weighted by molar-refractivity contribution is -0.122. The van der Waals surface area contributed by atoms with E-state index >= 15 is 0 Å². The van der Waals surface area contributed by atoms with Gasteiger partial charge in [-0.2, -0.15) is 0 Å². The van der Waals surface area contributed by atoms with E-state index in [1.165, 1.54) is 12.8 Å². The van der Waals surface area contributed by atoms with Crippen molar-refractivity contribution in [2.45, 2.75) is 57.0 Å². The molecule has 5 nitrogen and oxygen atoms in total. The van der Waals surface area contributed by atoms with E-state index in [1.807, 2.05) is 0 Å². The largest absolute Gasteiger partial charge is 0.354 e.